The second kappa shape index (κ2) is 6.70. The first-order valence-electron chi connectivity index (χ1n) is 7.61. The number of pyridine rings is 2. The van der Waals surface area contributed by atoms with E-state index >= 15 is 0 Å². The van der Waals surface area contributed by atoms with Gasteiger partial charge in [-0.25, -0.2) is 4.98 Å². The van der Waals surface area contributed by atoms with E-state index < -0.39 is 0 Å². The van der Waals surface area contributed by atoms with Crippen molar-refractivity contribution in [3.63, 3.8) is 0 Å². The summed E-state index contributed by atoms with van der Waals surface area (Å²) in [5.74, 6) is 1.26. The lowest BCUT2D eigenvalue weighted by Crippen LogP contribution is -2.08. The van der Waals surface area contributed by atoms with E-state index in [9.17, 15) is 4.79 Å². The maximum atomic E-state index is 12.2. The summed E-state index contributed by atoms with van der Waals surface area (Å²) >= 11 is 1.48. The smallest absolute Gasteiger partial charge is 0.257 e. The summed E-state index contributed by atoms with van der Waals surface area (Å²) in [5.41, 5.74) is 1.87. The molecule has 4 aromatic rings. The molecule has 3 aromatic heterocycles. The number of benzene rings is 1. The lowest BCUT2D eigenvalue weighted by Gasteiger charge is -2.06. The molecule has 0 atom stereocenters. The highest BCUT2D eigenvalue weighted by molar-refractivity contribution is 7.13. The normalized spacial score (nSPS) is 10.6. The van der Waals surface area contributed by atoms with Crippen LogP contribution >= 0.6 is 11.3 Å². The van der Waals surface area contributed by atoms with Crippen LogP contribution in [-0.4, -0.2) is 15.0 Å². The van der Waals surface area contributed by atoms with Crippen LogP contribution in [0, 0.1) is 0 Å². The number of para-hydroxylation sites is 1. The minimum absolute atomic E-state index is 0.202. The summed E-state index contributed by atoms with van der Waals surface area (Å²) < 4.78 is 5.78. The Bertz CT molecular complexity index is 1040. The van der Waals surface area contributed by atoms with Crippen molar-refractivity contribution in [3.8, 4) is 33.3 Å². The van der Waals surface area contributed by atoms with Crippen LogP contribution in [0.25, 0.3) is 21.8 Å². The Morgan fingerprint density at radius 3 is 2.60 bits per heavy atom. The fourth-order valence-corrected chi connectivity index (χ4v) is 3.19. The number of rotatable bonds is 4. The van der Waals surface area contributed by atoms with Gasteiger partial charge < -0.3 is 9.72 Å². The molecule has 0 saturated carbocycles. The maximum Gasteiger partial charge on any atom is 0.257 e. The molecule has 0 saturated heterocycles. The topological polar surface area (TPSA) is 67.9 Å². The number of nitrogens with zero attached hydrogens (tertiary/aromatic N) is 2. The predicted octanol–water partition coefficient (Wildman–Crippen LogP) is 4.35. The highest BCUT2D eigenvalue weighted by Gasteiger charge is 2.11. The molecule has 3 heterocycles. The van der Waals surface area contributed by atoms with Gasteiger partial charge in [0, 0.05) is 29.5 Å². The Morgan fingerprint density at radius 2 is 1.80 bits per heavy atom. The van der Waals surface area contributed by atoms with Crippen molar-refractivity contribution in [1.29, 1.82) is 0 Å². The molecule has 4 rings (SSSR count). The molecular weight excluding hydrogens is 334 g/mol. The monoisotopic (exact) mass is 347 g/mol. The molecule has 0 unspecified atom stereocenters. The number of aromatic nitrogens is 3. The molecule has 122 valence electrons. The fraction of sp³-hybridized carbons (Fsp3) is 0. The summed E-state index contributed by atoms with van der Waals surface area (Å²) in [7, 11) is 0. The van der Waals surface area contributed by atoms with E-state index in [4.69, 9.17) is 4.74 Å². The zero-order chi connectivity index (χ0) is 17.1. The van der Waals surface area contributed by atoms with Crippen LogP contribution in [0.4, 0.5) is 0 Å². The molecule has 0 spiro atoms. The highest BCUT2D eigenvalue weighted by Crippen LogP contribution is 2.29. The van der Waals surface area contributed by atoms with E-state index in [0.29, 0.717) is 22.8 Å². The summed E-state index contributed by atoms with van der Waals surface area (Å²) in [6, 6.07) is 14.9. The van der Waals surface area contributed by atoms with Crippen LogP contribution in [-0.2, 0) is 0 Å². The van der Waals surface area contributed by atoms with Gasteiger partial charge in [-0.05, 0) is 30.3 Å². The van der Waals surface area contributed by atoms with Crippen molar-refractivity contribution in [2.45, 2.75) is 0 Å². The second-order valence-electron chi connectivity index (χ2n) is 5.27. The molecule has 5 nitrogen and oxygen atoms in total. The van der Waals surface area contributed by atoms with Gasteiger partial charge in [0.15, 0.2) is 0 Å². The standard InChI is InChI=1S/C19H13N3O2S/c23-18-16(10-15(11-21-18)24-14-4-2-1-3-5-14)17-12-25-19(22-17)13-6-8-20-9-7-13/h1-12H,(H,21,23). The largest absolute Gasteiger partial charge is 0.456 e. The summed E-state index contributed by atoms with van der Waals surface area (Å²) in [5, 5.41) is 2.71. The van der Waals surface area contributed by atoms with Gasteiger partial charge in [0.05, 0.1) is 11.3 Å². The zero-order valence-corrected chi connectivity index (χ0v) is 13.9. The first-order valence-corrected chi connectivity index (χ1v) is 8.49. The fourth-order valence-electron chi connectivity index (χ4n) is 2.36. The molecule has 1 N–H and O–H groups in total. The average molecular weight is 347 g/mol. The molecule has 6 heteroatoms. The molecular formula is C19H13N3O2S. The third kappa shape index (κ3) is 3.34. The first kappa shape index (κ1) is 15.3. The Morgan fingerprint density at radius 1 is 1.00 bits per heavy atom. The van der Waals surface area contributed by atoms with Gasteiger partial charge in [-0.2, -0.15) is 0 Å². The maximum absolute atomic E-state index is 12.2. The van der Waals surface area contributed by atoms with Crippen molar-refractivity contribution in [2.75, 3.05) is 0 Å². The molecule has 0 aliphatic carbocycles. The number of hydrogen-bond acceptors (Lipinski definition) is 5. The number of hydrogen-bond donors (Lipinski definition) is 1. The third-order valence-corrected chi connectivity index (χ3v) is 4.45. The number of aromatic amines is 1. The number of nitrogens with one attached hydrogen (secondary N) is 1. The molecule has 0 radical (unpaired) electrons. The Labute approximate surface area is 147 Å². The van der Waals surface area contributed by atoms with Crippen molar-refractivity contribution in [3.05, 3.63) is 82.9 Å². The molecule has 1 aromatic carbocycles. The van der Waals surface area contributed by atoms with E-state index in [1.807, 2.05) is 47.8 Å². The first-order chi connectivity index (χ1) is 12.3. The van der Waals surface area contributed by atoms with Crippen LogP contribution in [0.3, 0.4) is 0 Å². The summed E-state index contributed by atoms with van der Waals surface area (Å²) in [6.45, 7) is 0. The lowest BCUT2D eigenvalue weighted by molar-refractivity contribution is 0.480. The number of H-pyrrole nitrogens is 1. The number of ether oxygens (including phenoxy) is 1. The van der Waals surface area contributed by atoms with Gasteiger partial charge in [0.1, 0.15) is 16.5 Å². The lowest BCUT2D eigenvalue weighted by atomic mass is 10.2. The van der Waals surface area contributed by atoms with E-state index in [2.05, 4.69) is 15.0 Å². The van der Waals surface area contributed by atoms with Crippen molar-refractivity contribution < 1.29 is 4.74 Å². The van der Waals surface area contributed by atoms with Crippen molar-refractivity contribution in [2.24, 2.45) is 0 Å². The van der Waals surface area contributed by atoms with Gasteiger partial charge in [0.2, 0.25) is 0 Å². The van der Waals surface area contributed by atoms with Crippen LogP contribution < -0.4 is 10.3 Å². The molecule has 0 amide bonds. The summed E-state index contributed by atoms with van der Waals surface area (Å²) in [6.07, 6.45) is 4.99. The number of thiazole rings is 1. The van der Waals surface area contributed by atoms with E-state index in [1.54, 1.807) is 24.7 Å². The predicted molar refractivity (Wildman–Crippen MR) is 97.9 cm³/mol. The van der Waals surface area contributed by atoms with Crippen LogP contribution in [0.1, 0.15) is 0 Å². The van der Waals surface area contributed by atoms with E-state index in [-0.39, 0.29) is 5.56 Å². The Balaban J connectivity index is 1.67. The quantitative estimate of drug-likeness (QED) is 0.596. The van der Waals surface area contributed by atoms with Crippen LogP contribution in [0.5, 0.6) is 11.5 Å². The van der Waals surface area contributed by atoms with Gasteiger partial charge in [-0.3, -0.25) is 9.78 Å². The van der Waals surface area contributed by atoms with Gasteiger partial charge in [-0.15, -0.1) is 11.3 Å². The summed E-state index contributed by atoms with van der Waals surface area (Å²) in [4.78, 5) is 23.5. The van der Waals surface area contributed by atoms with Crippen LogP contribution in [0.15, 0.2) is 77.3 Å². The van der Waals surface area contributed by atoms with Crippen molar-refractivity contribution >= 4 is 11.3 Å². The minimum atomic E-state index is -0.202. The minimum Gasteiger partial charge on any atom is -0.456 e. The van der Waals surface area contributed by atoms with Gasteiger partial charge >= 0.3 is 0 Å². The molecule has 0 fully saturated rings. The van der Waals surface area contributed by atoms with E-state index in [1.165, 1.54) is 11.3 Å². The average Bonchev–Trinajstić information content (AvgIpc) is 3.15. The zero-order valence-electron chi connectivity index (χ0n) is 13.0. The molecule has 0 bridgehead atoms. The Hall–Kier alpha value is -3.25. The van der Waals surface area contributed by atoms with Gasteiger partial charge in [0.25, 0.3) is 5.56 Å². The van der Waals surface area contributed by atoms with Gasteiger partial charge in [-0.1, -0.05) is 18.2 Å². The third-order valence-electron chi connectivity index (χ3n) is 3.56. The highest BCUT2D eigenvalue weighted by atomic mass is 32.1. The molecule has 0 aliphatic rings. The SMILES string of the molecule is O=c1[nH]cc(Oc2ccccc2)cc1-c1csc(-c2ccncc2)n1. The van der Waals surface area contributed by atoms with Crippen molar-refractivity contribution in [1.82, 2.24) is 15.0 Å². The second-order valence-corrected chi connectivity index (χ2v) is 6.13. The Kier molecular flexibility index (Phi) is 4.10. The van der Waals surface area contributed by atoms with E-state index in [0.717, 1.165) is 10.6 Å². The van der Waals surface area contributed by atoms with Crippen LogP contribution in [0.2, 0.25) is 0 Å². The molecule has 25 heavy (non-hydrogen) atoms. The molecule has 0 aliphatic heterocycles.